The van der Waals surface area contributed by atoms with E-state index in [1.807, 2.05) is 12.1 Å². The van der Waals surface area contributed by atoms with Crippen LogP contribution in [0.15, 0.2) is 48.7 Å². The van der Waals surface area contributed by atoms with Crippen LogP contribution < -0.4 is 5.32 Å². The van der Waals surface area contributed by atoms with Crippen LogP contribution in [0, 0.1) is 11.8 Å². The van der Waals surface area contributed by atoms with E-state index in [1.165, 1.54) is 18.2 Å². The number of nitrogens with zero attached hydrogens (tertiary/aromatic N) is 1. The molecule has 0 radical (unpaired) electrons. The van der Waals surface area contributed by atoms with Crippen LogP contribution in [0.4, 0.5) is 13.2 Å². The van der Waals surface area contributed by atoms with Gasteiger partial charge in [-0.25, -0.2) is 0 Å². The van der Waals surface area contributed by atoms with Crippen LogP contribution in [0.5, 0.6) is 0 Å². The van der Waals surface area contributed by atoms with Gasteiger partial charge in [0.25, 0.3) is 5.91 Å². The van der Waals surface area contributed by atoms with Crippen LogP contribution in [-0.4, -0.2) is 17.4 Å². The largest absolute Gasteiger partial charge is 0.417 e. The summed E-state index contributed by atoms with van der Waals surface area (Å²) in [6, 6.07) is 10.3. The molecule has 1 amide bonds. The molecule has 0 saturated carbocycles. The second-order valence-electron chi connectivity index (χ2n) is 4.62. The summed E-state index contributed by atoms with van der Waals surface area (Å²) in [5.41, 5.74) is -0.267. The highest BCUT2D eigenvalue weighted by Gasteiger charge is 2.32. The fourth-order valence-electron chi connectivity index (χ4n) is 1.86. The van der Waals surface area contributed by atoms with Crippen molar-refractivity contribution in [3.63, 3.8) is 0 Å². The lowest BCUT2D eigenvalue weighted by molar-refractivity contribution is -0.137. The van der Waals surface area contributed by atoms with E-state index in [9.17, 15) is 18.0 Å². The Morgan fingerprint density at radius 3 is 2.57 bits per heavy atom. The minimum atomic E-state index is -4.50. The summed E-state index contributed by atoms with van der Waals surface area (Å²) in [5.74, 6) is 3.82. The summed E-state index contributed by atoms with van der Waals surface area (Å²) < 4.78 is 38.4. The van der Waals surface area contributed by atoms with Gasteiger partial charge in [-0.2, -0.15) is 13.2 Å². The molecule has 1 heterocycles. The molecule has 2 aromatic rings. The zero-order valence-electron chi connectivity index (χ0n) is 12.0. The number of alkyl halides is 3. The monoisotopic (exact) mass is 318 g/mol. The van der Waals surface area contributed by atoms with Crippen molar-refractivity contribution >= 4 is 5.91 Å². The van der Waals surface area contributed by atoms with Gasteiger partial charge in [0, 0.05) is 36.3 Å². The third-order valence-corrected chi connectivity index (χ3v) is 2.94. The van der Waals surface area contributed by atoms with Crippen LogP contribution >= 0.6 is 0 Å². The van der Waals surface area contributed by atoms with Crippen molar-refractivity contribution in [3.05, 3.63) is 65.5 Å². The van der Waals surface area contributed by atoms with Crippen LogP contribution in [0.2, 0.25) is 0 Å². The predicted octanol–water partition coefficient (Wildman–Crippen LogP) is 2.81. The lowest BCUT2D eigenvalue weighted by atomic mass is 10.1. The van der Waals surface area contributed by atoms with Crippen LogP contribution in [0.25, 0.3) is 0 Å². The lowest BCUT2D eigenvalue weighted by Gasteiger charge is -2.08. The minimum Gasteiger partial charge on any atom is -0.345 e. The Labute approximate surface area is 131 Å². The first-order chi connectivity index (χ1) is 11.0. The molecule has 0 aliphatic rings. The number of carbonyl (C=O) groups is 1. The molecule has 23 heavy (non-hydrogen) atoms. The fourth-order valence-corrected chi connectivity index (χ4v) is 1.86. The van der Waals surface area contributed by atoms with E-state index in [4.69, 9.17) is 0 Å². The predicted molar refractivity (Wildman–Crippen MR) is 79.3 cm³/mol. The molecule has 118 valence electrons. The highest BCUT2D eigenvalue weighted by atomic mass is 19.4. The average Bonchev–Trinajstić information content (AvgIpc) is 2.53. The molecular formula is C17H13F3N2O. The van der Waals surface area contributed by atoms with Gasteiger partial charge >= 0.3 is 6.18 Å². The highest BCUT2D eigenvalue weighted by molar-refractivity contribution is 5.94. The molecule has 0 unspecified atom stereocenters. The molecule has 1 aromatic carbocycles. The zero-order chi connectivity index (χ0) is 16.7. The number of pyridine rings is 1. The number of hydrogen-bond donors (Lipinski definition) is 1. The first kappa shape index (κ1) is 16.6. The molecule has 6 heteroatoms. The van der Waals surface area contributed by atoms with Gasteiger partial charge in [-0.15, -0.1) is 0 Å². The maximum Gasteiger partial charge on any atom is 0.417 e. The molecule has 3 nitrogen and oxygen atoms in total. The van der Waals surface area contributed by atoms with Crippen LogP contribution in [-0.2, 0) is 17.4 Å². The van der Waals surface area contributed by atoms with Gasteiger partial charge in [0.05, 0.1) is 5.56 Å². The highest BCUT2D eigenvalue weighted by Crippen LogP contribution is 2.31. The van der Waals surface area contributed by atoms with Crippen molar-refractivity contribution in [1.29, 1.82) is 0 Å². The summed E-state index contributed by atoms with van der Waals surface area (Å²) in [7, 11) is 0. The Bertz CT molecular complexity index is 731. The van der Waals surface area contributed by atoms with Crippen molar-refractivity contribution in [2.45, 2.75) is 12.6 Å². The van der Waals surface area contributed by atoms with Crippen molar-refractivity contribution in [2.24, 2.45) is 0 Å². The van der Waals surface area contributed by atoms with Gasteiger partial charge in [0.1, 0.15) is 0 Å². The lowest BCUT2D eigenvalue weighted by Crippen LogP contribution is -2.24. The standard InChI is InChI=1S/C17H13F3N2O/c18-17(19,20)15-7-2-1-5-13(15)8-9-16(23)22-12-10-14-6-3-4-11-21-14/h1-7,11H,10,12H2,(H,22,23). The number of benzene rings is 1. The van der Waals surface area contributed by atoms with Crippen LogP contribution in [0.1, 0.15) is 16.8 Å². The average molecular weight is 318 g/mol. The third kappa shape index (κ3) is 5.15. The molecule has 1 aromatic heterocycles. The van der Waals surface area contributed by atoms with Gasteiger partial charge in [-0.05, 0) is 24.3 Å². The number of hydrogen-bond acceptors (Lipinski definition) is 2. The first-order valence-electron chi connectivity index (χ1n) is 6.83. The molecule has 0 aliphatic carbocycles. The topological polar surface area (TPSA) is 42.0 Å². The smallest absolute Gasteiger partial charge is 0.345 e. The molecule has 0 spiro atoms. The number of amides is 1. The van der Waals surface area contributed by atoms with E-state index in [0.717, 1.165) is 11.8 Å². The third-order valence-electron chi connectivity index (χ3n) is 2.94. The Balaban J connectivity index is 1.95. The number of carbonyl (C=O) groups excluding carboxylic acids is 1. The van der Waals surface area contributed by atoms with E-state index in [1.54, 1.807) is 12.3 Å². The molecule has 0 saturated heterocycles. The fraction of sp³-hybridized carbons (Fsp3) is 0.176. The summed E-state index contributed by atoms with van der Waals surface area (Å²) in [6.45, 7) is 0.311. The summed E-state index contributed by atoms with van der Waals surface area (Å²) in [4.78, 5) is 15.7. The Kier molecular flexibility index (Phi) is 5.36. The number of nitrogens with one attached hydrogen (secondary N) is 1. The maximum atomic E-state index is 12.8. The van der Waals surface area contributed by atoms with Crippen molar-refractivity contribution < 1.29 is 18.0 Å². The van der Waals surface area contributed by atoms with Crippen molar-refractivity contribution in [2.75, 3.05) is 6.54 Å². The number of rotatable bonds is 3. The van der Waals surface area contributed by atoms with E-state index < -0.39 is 17.6 Å². The van der Waals surface area contributed by atoms with Gasteiger partial charge in [-0.1, -0.05) is 24.1 Å². The van der Waals surface area contributed by atoms with Gasteiger partial charge in [0.15, 0.2) is 0 Å². The Morgan fingerprint density at radius 2 is 1.87 bits per heavy atom. The zero-order valence-corrected chi connectivity index (χ0v) is 12.0. The summed E-state index contributed by atoms with van der Waals surface area (Å²) >= 11 is 0. The van der Waals surface area contributed by atoms with E-state index in [0.29, 0.717) is 13.0 Å². The van der Waals surface area contributed by atoms with E-state index in [-0.39, 0.29) is 5.56 Å². The van der Waals surface area contributed by atoms with Crippen molar-refractivity contribution in [1.82, 2.24) is 10.3 Å². The van der Waals surface area contributed by atoms with Crippen LogP contribution in [0.3, 0.4) is 0 Å². The van der Waals surface area contributed by atoms with E-state index in [2.05, 4.69) is 22.1 Å². The van der Waals surface area contributed by atoms with Gasteiger partial charge in [0.2, 0.25) is 0 Å². The first-order valence-corrected chi connectivity index (χ1v) is 6.83. The molecule has 0 bridgehead atoms. The molecule has 1 N–H and O–H groups in total. The molecule has 0 aliphatic heterocycles. The van der Waals surface area contributed by atoms with Gasteiger partial charge < -0.3 is 5.32 Å². The second kappa shape index (κ2) is 7.45. The SMILES string of the molecule is O=C(C#Cc1ccccc1C(F)(F)F)NCCc1ccccn1. The quantitative estimate of drug-likeness (QED) is 0.884. The van der Waals surface area contributed by atoms with Gasteiger partial charge in [-0.3, -0.25) is 9.78 Å². The maximum absolute atomic E-state index is 12.8. The Hall–Kier alpha value is -2.81. The normalized spacial score (nSPS) is 10.6. The molecule has 2 rings (SSSR count). The summed E-state index contributed by atoms with van der Waals surface area (Å²) in [6.07, 6.45) is -2.33. The number of aromatic nitrogens is 1. The van der Waals surface area contributed by atoms with E-state index >= 15 is 0 Å². The molecule has 0 atom stereocenters. The molecule has 0 fully saturated rings. The Morgan fingerprint density at radius 1 is 1.13 bits per heavy atom. The second-order valence-corrected chi connectivity index (χ2v) is 4.62. The summed E-state index contributed by atoms with van der Waals surface area (Å²) in [5, 5.41) is 2.53. The molecular weight excluding hydrogens is 305 g/mol. The van der Waals surface area contributed by atoms with Crippen molar-refractivity contribution in [3.8, 4) is 11.8 Å². The minimum absolute atomic E-state index is 0.222. The number of halogens is 3.